The summed E-state index contributed by atoms with van der Waals surface area (Å²) in [4.78, 5) is 13.9. The zero-order valence-electron chi connectivity index (χ0n) is 18.0. The summed E-state index contributed by atoms with van der Waals surface area (Å²) in [5, 5.41) is 3.38. The van der Waals surface area contributed by atoms with Crippen LogP contribution in [-0.2, 0) is 17.8 Å². The van der Waals surface area contributed by atoms with Gasteiger partial charge in [0.25, 0.3) is 0 Å². The highest BCUT2D eigenvalue weighted by Crippen LogP contribution is 2.18. The average Bonchev–Trinajstić information content (AvgIpc) is 2.71. The Hall–Kier alpha value is -2.60. The van der Waals surface area contributed by atoms with Gasteiger partial charge in [-0.1, -0.05) is 36.4 Å². The molecule has 0 aliphatic carbocycles. The van der Waals surface area contributed by atoms with E-state index in [1.54, 1.807) is 0 Å². The molecule has 0 saturated carbocycles. The maximum absolute atomic E-state index is 5.82. The fourth-order valence-corrected chi connectivity index (χ4v) is 3.63. The van der Waals surface area contributed by atoms with Crippen molar-refractivity contribution in [3.05, 3.63) is 59.8 Å². The van der Waals surface area contributed by atoms with Crippen molar-refractivity contribution in [2.75, 3.05) is 31.6 Å². The summed E-state index contributed by atoms with van der Waals surface area (Å²) in [6.45, 7) is 10.3. The van der Waals surface area contributed by atoms with Gasteiger partial charge in [0, 0.05) is 39.4 Å². The lowest BCUT2D eigenvalue weighted by Gasteiger charge is -2.36. The van der Waals surface area contributed by atoms with E-state index in [4.69, 9.17) is 9.73 Å². The van der Waals surface area contributed by atoms with Crippen LogP contribution in [0.2, 0.25) is 0 Å². The Morgan fingerprint density at radius 3 is 2.48 bits per heavy atom. The van der Waals surface area contributed by atoms with Gasteiger partial charge in [-0.2, -0.15) is 0 Å². The van der Waals surface area contributed by atoms with Crippen molar-refractivity contribution in [2.24, 2.45) is 4.99 Å². The Bertz CT molecular complexity index is 768. The quantitative estimate of drug-likeness (QED) is 0.601. The van der Waals surface area contributed by atoms with Crippen molar-refractivity contribution in [1.82, 2.24) is 15.2 Å². The largest absolute Gasteiger partial charge is 0.372 e. The van der Waals surface area contributed by atoms with E-state index in [0.717, 1.165) is 43.5 Å². The molecule has 1 aliphatic rings. The van der Waals surface area contributed by atoms with Crippen LogP contribution >= 0.6 is 0 Å². The Balaban J connectivity index is 1.63. The van der Waals surface area contributed by atoms with Crippen LogP contribution in [0.15, 0.2) is 53.7 Å². The monoisotopic (exact) mass is 395 g/mol. The summed E-state index contributed by atoms with van der Waals surface area (Å²) in [7, 11) is 2.07. The highest BCUT2D eigenvalue weighted by molar-refractivity contribution is 5.79. The number of pyridine rings is 1. The number of guanidine groups is 1. The van der Waals surface area contributed by atoms with Gasteiger partial charge < -0.3 is 19.9 Å². The normalized spacial score (nSPS) is 19.9. The van der Waals surface area contributed by atoms with Gasteiger partial charge in [-0.05, 0) is 38.0 Å². The lowest BCUT2D eigenvalue weighted by molar-refractivity contribution is -0.00545. The van der Waals surface area contributed by atoms with Crippen LogP contribution in [0.4, 0.5) is 5.82 Å². The van der Waals surface area contributed by atoms with E-state index in [9.17, 15) is 0 Å². The molecule has 6 nitrogen and oxygen atoms in total. The summed E-state index contributed by atoms with van der Waals surface area (Å²) in [6, 6.07) is 14.7. The zero-order valence-corrected chi connectivity index (χ0v) is 18.0. The number of aromatic nitrogens is 1. The lowest BCUT2D eigenvalue weighted by atomic mass is 10.2. The van der Waals surface area contributed by atoms with Crippen LogP contribution in [0.25, 0.3) is 0 Å². The minimum absolute atomic E-state index is 0.229. The number of morpholine rings is 1. The first-order chi connectivity index (χ1) is 14.0. The second-order valence-corrected chi connectivity index (χ2v) is 7.70. The summed E-state index contributed by atoms with van der Waals surface area (Å²) in [5.41, 5.74) is 2.37. The van der Waals surface area contributed by atoms with Crippen LogP contribution in [-0.4, -0.2) is 54.7 Å². The molecule has 3 rings (SSSR count). The van der Waals surface area contributed by atoms with Crippen LogP contribution in [0.5, 0.6) is 0 Å². The van der Waals surface area contributed by atoms with E-state index in [1.807, 2.05) is 12.3 Å². The fraction of sp³-hybridized carbons (Fsp3) is 0.478. The third kappa shape index (κ3) is 6.19. The number of nitrogens with zero attached hydrogens (tertiary/aromatic N) is 4. The van der Waals surface area contributed by atoms with E-state index in [1.165, 1.54) is 5.56 Å². The van der Waals surface area contributed by atoms with Crippen molar-refractivity contribution in [3.63, 3.8) is 0 Å². The molecule has 0 radical (unpaired) electrons. The number of anilines is 1. The molecule has 1 aliphatic heterocycles. The molecule has 2 unspecified atom stereocenters. The Labute approximate surface area is 174 Å². The smallest absolute Gasteiger partial charge is 0.194 e. The molecule has 1 aromatic heterocycles. The molecular formula is C23H33N5O. The van der Waals surface area contributed by atoms with Crippen LogP contribution < -0.4 is 10.2 Å². The van der Waals surface area contributed by atoms with Gasteiger partial charge in [0.1, 0.15) is 5.82 Å². The Morgan fingerprint density at radius 2 is 1.86 bits per heavy atom. The van der Waals surface area contributed by atoms with Gasteiger partial charge in [-0.3, -0.25) is 0 Å². The van der Waals surface area contributed by atoms with E-state index in [2.05, 4.69) is 84.3 Å². The van der Waals surface area contributed by atoms with Gasteiger partial charge >= 0.3 is 0 Å². The third-order valence-corrected chi connectivity index (χ3v) is 4.92. The van der Waals surface area contributed by atoms with E-state index >= 15 is 0 Å². The molecule has 2 atom stereocenters. The van der Waals surface area contributed by atoms with Crippen LogP contribution in [0.1, 0.15) is 31.9 Å². The number of ether oxygens (including phenoxy) is 1. The molecule has 2 aromatic rings. The van der Waals surface area contributed by atoms with Crippen LogP contribution in [0.3, 0.4) is 0 Å². The second kappa shape index (κ2) is 10.3. The minimum atomic E-state index is 0.229. The van der Waals surface area contributed by atoms with Crippen molar-refractivity contribution in [2.45, 2.75) is 46.1 Å². The molecule has 0 bridgehead atoms. The van der Waals surface area contributed by atoms with Gasteiger partial charge in [0.15, 0.2) is 5.96 Å². The predicted octanol–water partition coefficient (Wildman–Crippen LogP) is 3.29. The standard InChI is InChI=1S/C23H33N5O/c1-5-24-23(27(4)17-20-9-7-6-8-10-20)26-14-21-11-12-22(25-13-21)28-15-18(2)29-19(3)16-28/h6-13,18-19H,5,14-17H2,1-4H3,(H,24,26). The van der Waals surface area contributed by atoms with Gasteiger partial charge in [0.2, 0.25) is 0 Å². The predicted molar refractivity (Wildman–Crippen MR) is 119 cm³/mol. The SMILES string of the molecule is CCNC(=NCc1ccc(N2CC(C)OC(C)C2)nc1)N(C)Cc1ccccc1. The topological polar surface area (TPSA) is 53.0 Å². The van der Waals surface area contributed by atoms with E-state index < -0.39 is 0 Å². The molecule has 156 valence electrons. The third-order valence-electron chi connectivity index (χ3n) is 4.92. The van der Waals surface area contributed by atoms with Crippen LogP contribution in [0, 0.1) is 0 Å². The number of aliphatic imine (C=N–C) groups is 1. The van der Waals surface area contributed by atoms with Gasteiger partial charge in [-0.15, -0.1) is 0 Å². The first kappa shape index (κ1) is 21.1. The maximum atomic E-state index is 5.82. The molecule has 1 aromatic carbocycles. The molecule has 1 saturated heterocycles. The summed E-state index contributed by atoms with van der Waals surface area (Å²) < 4.78 is 5.82. The molecule has 1 N–H and O–H groups in total. The Kier molecular flexibility index (Phi) is 7.47. The highest BCUT2D eigenvalue weighted by atomic mass is 16.5. The molecule has 29 heavy (non-hydrogen) atoms. The fourth-order valence-electron chi connectivity index (χ4n) is 3.63. The maximum Gasteiger partial charge on any atom is 0.194 e. The van der Waals surface area contributed by atoms with Crippen molar-refractivity contribution in [3.8, 4) is 0 Å². The molecular weight excluding hydrogens is 362 g/mol. The number of nitrogens with one attached hydrogen (secondary N) is 1. The van der Waals surface area contributed by atoms with E-state index in [0.29, 0.717) is 6.54 Å². The highest BCUT2D eigenvalue weighted by Gasteiger charge is 2.22. The molecule has 6 heteroatoms. The van der Waals surface area contributed by atoms with Gasteiger partial charge in [0.05, 0.1) is 18.8 Å². The zero-order chi connectivity index (χ0) is 20.6. The summed E-state index contributed by atoms with van der Waals surface area (Å²) in [5.74, 6) is 1.91. The van der Waals surface area contributed by atoms with Crippen molar-refractivity contribution < 1.29 is 4.74 Å². The average molecular weight is 396 g/mol. The Morgan fingerprint density at radius 1 is 1.14 bits per heavy atom. The van der Waals surface area contributed by atoms with Crippen molar-refractivity contribution in [1.29, 1.82) is 0 Å². The molecule has 1 fully saturated rings. The van der Waals surface area contributed by atoms with Gasteiger partial charge in [-0.25, -0.2) is 9.98 Å². The molecule has 2 heterocycles. The molecule has 0 spiro atoms. The molecule has 0 amide bonds. The van der Waals surface area contributed by atoms with E-state index in [-0.39, 0.29) is 12.2 Å². The number of hydrogen-bond acceptors (Lipinski definition) is 4. The number of hydrogen-bond donors (Lipinski definition) is 1. The number of benzene rings is 1. The first-order valence-corrected chi connectivity index (χ1v) is 10.4. The summed E-state index contributed by atoms with van der Waals surface area (Å²) in [6.07, 6.45) is 2.39. The number of rotatable bonds is 6. The second-order valence-electron chi connectivity index (χ2n) is 7.70. The lowest BCUT2D eigenvalue weighted by Crippen LogP contribution is -2.45. The summed E-state index contributed by atoms with van der Waals surface area (Å²) >= 11 is 0. The first-order valence-electron chi connectivity index (χ1n) is 10.4. The minimum Gasteiger partial charge on any atom is -0.372 e. The van der Waals surface area contributed by atoms with Crippen molar-refractivity contribution >= 4 is 11.8 Å².